The maximum absolute atomic E-state index is 13.0. The summed E-state index contributed by atoms with van der Waals surface area (Å²) in [5.74, 6) is -2.25. The standard InChI is InChI=1S/C19H25FN4O3/c1-19(2,3)18-23-14(15(25)17(27)24(18)10-4-9-21)16(26)22-11-12-5-7-13(20)8-6-12/h5-8,14H,4,9-11,21H2,1-3H3,(H,22,26). The van der Waals surface area contributed by atoms with Crippen LogP contribution in [0.25, 0.3) is 0 Å². The van der Waals surface area contributed by atoms with E-state index in [1.807, 2.05) is 20.8 Å². The highest BCUT2D eigenvalue weighted by molar-refractivity contribution is 6.46. The number of carbonyl (C=O) groups is 3. The number of amides is 2. The summed E-state index contributed by atoms with van der Waals surface area (Å²) in [7, 11) is 0. The maximum atomic E-state index is 13.0. The predicted octanol–water partition coefficient (Wildman–Crippen LogP) is 1.02. The zero-order chi connectivity index (χ0) is 20.2. The first-order valence-electron chi connectivity index (χ1n) is 8.81. The SMILES string of the molecule is CC(C)(C)C1=NC(C(=O)NCc2ccc(F)cc2)C(=O)C(=O)N1CCCN. The van der Waals surface area contributed by atoms with Crippen LogP contribution in [0.3, 0.4) is 0 Å². The first kappa shape index (κ1) is 20.7. The molecule has 0 saturated carbocycles. The van der Waals surface area contributed by atoms with Crippen LogP contribution in [0.5, 0.6) is 0 Å². The largest absolute Gasteiger partial charge is 0.350 e. The van der Waals surface area contributed by atoms with Gasteiger partial charge in [0.05, 0.1) is 0 Å². The van der Waals surface area contributed by atoms with Gasteiger partial charge in [0.1, 0.15) is 11.7 Å². The number of hydrogen-bond acceptors (Lipinski definition) is 5. The van der Waals surface area contributed by atoms with Gasteiger partial charge in [-0.05, 0) is 30.7 Å². The summed E-state index contributed by atoms with van der Waals surface area (Å²) in [5, 5.41) is 2.59. The molecular formula is C19H25FN4O3. The van der Waals surface area contributed by atoms with E-state index in [0.29, 0.717) is 24.4 Å². The van der Waals surface area contributed by atoms with E-state index < -0.39 is 29.1 Å². The first-order valence-corrected chi connectivity index (χ1v) is 8.81. The summed E-state index contributed by atoms with van der Waals surface area (Å²) >= 11 is 0. The van der Waals surface area contributed by atoms with Crippen molar-refractivity contribution in [3.63, 3.8) is 0 Å². The molecule has 0 bridgehead atoms. The number of nitrogens with two attached hydrogens (primary N) is 1. The van der Waals surface area contributed by atoms with Crippen molar-refractivity contribution in [1.29, 1.82) is 0 Å². The molecule has 0 radical (unpaired) electrons. The Hall–Kier alpha value is -2.61. The van der Waals surface area contributed by atoms with Gasteiger partial charge in [-0.15, -0.1) is 0 Å². The van der Waals surface area contributed by atoms with Gasteiger partial charge in [0.25, 0.3) is 17.6 Å². The van der Waals surface area contributed by atoms with Gasteiger partial charge in [-0.25, -0.2) is 9.38 Å². The number of benzene rings is 1. The molecule has 3 N–H and O–H groups in total. The molecule has 0 fully saturated rings. The fraction of sp³-hybridized carbons (Fsp3) is 0.474. The van der Waals surface area contributed by atoms with E-state index in [1.165, 1.54) is 29.2 Å². The number of rotatable bonds is 6. The third-order valence-electron chi connectivity index (χ3n) is 4.10. The minimum atomic E-state index is -1.42. The number of nitrogens with zero attached hydrogens (tertiary/aromatic N) is 2. The number of Topliss-reactive ketones (excluding diaryl/α,β-unsaturated/α-hetero) is 1. The quantitative estimate of drug-likeness (QED) is 0.571. The van der Waals surface area contributed by atoms with Crippen LogP contribution in [-0.2, 0) is 20.9 Å². The lowest BCUT2D eigenvalue weighted by atomic mass is 9.91. The summed E-state index contributed by atoms with van der Waals surface area (Å²) in [4.78, 5) is 43.1. The van der Waals surface area contributed by atoms with E-state index in [2.05, 4.69) is 10.3 Å². The molecule has 8 heteroatoms. The summed E-state index contributed by atoms with van der Waals surface area (Å²) < 4.78 is 13.0. The lowest BCUT2D eigenvalue weighted by molar-refractivity contribution is -0.146. The topological polar surface area (TPSA) is 105 Å². The molecule has 1 atom stereocenters. The number of carbonyl (C=O) groups excluding carboxylic acids is 3. The van der Waals surface area contributed by atoms with E-state index in [1.54, 1.807) is 0 Å². The molecule has 1 aromatic carbocycles. The molecule has 0 aliphatic carbocycles. The zero-order valence-electron chi connectivity index (χ0n) is 15.8. The second-order valence-electron chi connectivity index (χ2n) is 7.41. The summed E-state index contributed by atoms with van der Waals surface area (Å²) in [6.07, 6.45) is 0.523. The monoisotopic (exact) mass is 376 g/mol. The van der Waals surface area contributed by atoms with E-state index in [0.717, 1.165) is 0 Å². The van der Waals surface area contributed by atoms with E-state index in [9.17, 15) is 18.8 Å². The first-order chi connectivity index (χ1) is 12.6. The molecule has 1 aliphatic rings. The number of aliphatic imine (C=N–C) groups is 1. The van der Waals surface area contributed by atoms with Crippen molar-refractivity contribution in [3.05, 3.63) is 35.6 Å². The Bertz CT molecular complexity index is 753. The second kappa shape index (κ2) is 8.39. The van der Waals surface area contributed by atoms with Crippen LogP contribution in [0, 0.1) is 11.2 Å². The molecule has 0 saturated heterocycles. The van der Waals surface area contributed by atoms with Crippen molar-refractivity contribution in [2.24, 2.45) is 16.1 Å². The van der Waals surface area contributed by atoms with Gasteiger partial charge >= 0.3 is 0 Å². The second-order valence-corrected chi connectivity index (χ2v) is 7.41. The van der Waals surface area contributed by atoms with Crippen LogP contribution >= 0.6 is 0 Å². The molecule has 1 unspecified atom stereocenters. The third kappa shape index (κ3) is 4.97. The minimum Gasteiger partial charge on any atom is -0.350 e. The zero-order valence-corrected chi connectivity index (χ0v) is 15.8. The van der Waals surface area contributed by atoms with E-state index in [4.69, 9.17) is 5.73 Å². The molecule has 1 aliphatic heterocycles. The average Bonchev–Trinajstić information content (AvgIpc) is 2.61. The Morgan fingerprint density at radius 3 is 2.44 bits per heavy atom. The van der Waals surface area contributed by atoms with Crippen LogP contribution in [0.1, 0.15) is 32.8 Å². The number of amidine groups is 1. The van der Waals surface area contributed by atoms with Crippen molar-refractivity contribution in [2.45, 2.75) is 39.8 Å². The summed E-state index contributed by atoms with van der Waals surface area (Å²) in [6.45, 7) is 6.33. The van der Waals surface area contributed by atoms with Gasteiger partial charge in [0.15, 0.2) is 6.04 Å². The highest BCUT2D eigenvalue weighted by Gasteiger charge is 2.43. The Balaban J connectivity index is 2.21. The number of ketones is 1. The smallest absolute Gasteiger partial charge is 0.298 e. The van der Waals surface area contributed by atoms with Gasteiger partial charge in [0.2, 0.25) is 0 Å². The normalized spacial score (nSPS) is 17.7. The third-order valence-corrected chi connectivity index (χ3v) is 4.10. The van der Waals surface area contributed by atoms with Gasteiger partial charge in [-0.3, -0.25) is 19.3 Å². The molecule has 1 heterocycles. The number of nitrogens with one attached hydrogen (secondary N) is 1. The molecular weight excluding hydrogens is 351 g/mol. The lowest BCUT2D eigenvalue weighted by Gasteiger charge is -2.36. The molecule has 2 amide bonds. The molecule has 0 spiro atoms. The Morgan fingerprint density at radius 1 is 1.26 bits per heavy atom. The Kier molecular flexibility index (Phi) is 6.43. The molecule has 1 aromatic rings. The van der Waals surface area contributed by atoms with Gasteiger partial charge in [-0.2, -0.15) is 0 Å². The van der Waals surface area contributed by atoms with Crippen molar-refractivity contribution >= 4 is 23.4 Å². The highest BCUT2D eigenvalue weighted by atomic mass is 19.1. The van der Waals surface area contributed by atoms with Crippen molar-refractivity contribution in [1.82, 2.24) is 10.2 Å². The fourth-order valence-corrected chi connectivity index (χ4v) is 2.72. The number of hydrogen-bond donors (Lipinski definition) is 2. The average molecular weight is 376 g/mol. The molecule has 7 nitrogen and oxygen atoms in total. The van der Waals surface area contributed by atoms with Gasteiger partial charge in [-0.1, -0.05) is 32.9 Å². The molecule has 2 rings (SSSR count). The van der Waals surface area contributed by atoms with Crippen LogP contribution in [0.4, 0.5) is 4.39 Å². The van der Waals surface area contributed by atoms with Crippen LogP contribution in [-0.4, -0.2) is 47.5 Å². The molecule has 0 aromatic heterocycles. The van der Waals surface area contributed by atoms with Gasteiger partial charge in [0, 0.05) is 18.5 Å². The summed E-state index contributed by atoms with van der Waals surface area (Å²) in [5.41, 5.74) is 5.65. The highest BCUT2D eigenvalue weighted by Crippen LogP contribution is 2.24. The fourth-order valence-electron chi connectivity index (χ4n) is 2.72. The predicted molar refractivity (Wildman–Crippen MR) is 99.3 cm³/mol. The van der Waals surface area contributed by atoms with Crippen LogP contribution in [0.15, 0.2) is 29.3 Å². The van der Waals surface area contributed by atoms with Gasteiger partial charge < -0.3 is 11.1 Å². The maximum Gasteiger partial charge on any atom is 0.298 e. The minimum absolute atomic E-state index is 0.105. The Labute approximate surface area is 157 Å². The van der Waals surface area contributed by atoms with Crippen molar-refractivity contribution in [2.75, 3.05) is 13.1 Å². The molecule has 146 valence electrons. The number of halogens is 1. The summed E-state index contributed by atoms with van der Waals surface area (Å²) in [6, 6.07) is 4.20. The van der Waals surface area contributed by atoms with E-state index in [-0.39, 0.29) is 18.9 Å². The lowest BCUT2D eigenvalue weighted by Crippen LogP contribution is -2.57. The van der Waals surface area contributed by atoms with Crippen molar-refractivity contribution < 1.29 is 18.8 Å². The molecule has 27 heavy (non-hydrogen) atoms. The van der Waals surface area contributed by atoms with E-state index >= 15 is 0 Å². The van der Waals surface area contributed by atoms with Crippen LogP contribution in [0.2, 0.25) is 0 Å². The Morgan fingerprint density at radius 2 is 1.89 bits per heavy atom. The van der Waals surface area contributed by atoms with Crippen LogP contribution < -0.4 is 11.1 Å². The van der Waals surface area contributed by atoms with Crippen molar-refractivity contribution in [3.8, 4) is 0 Å².